The lowest BCUT2D eigenvalue weighted by atomic mass is 9.87. The van der Waals surface area contributed by atoms with Crippen molar-refractivity contribution in [2.75, 3.05) is 0 Å². The molecule has 31 heavy (non-hydrogen) atoms. The molecule has 0 unspecified atom stereocenters. The molecule has 0 radical (unpaired) electrons. The average Bonchev–Trinajstić information content (AvgIpc) is 3.09. The topological polar surface area (TPSA) is 62.5 Å². The molecule has 0 aliphatic rings. The monoisotopic (exact) mass is 421 g/mol. The smallest absolute Gasteiger partial charge is 0.336 e. The molecule has 0 bridgehead atoms. The maximum atomic E-state index is 14.2. The molecular formula is C25H21F2NO3. The van der Waals surface area contributed by atoms with Gasteiger partial charge in [-0.25, -0.2) is 13.6 Å². The normalized spacial score (nSPS) is 11.3. The van der Waals surface area contributed by atoms with Gasteiger partial charge in [-0.05, 0) is 73.4 Å². The summed E-state index contributed by atoms with van der Waals surface area (Å²) in [6, 6.07) is 9.56. The summed E-state index contributed by atoms with van der Waals surface area (Å²) in [6.45, 7) is 5.73. The third kappa shape index (κ3) is 3.34. The lowest BCUT2D eigenvalue weighted by molar-refractivity contribution is 0.0697. The number of carboxylic acid groups (broad SMARTS) is 1. The number of fused-ring (bicyclic) bond motifs is 1. The number of nitrogens with zero attached hydrogens (tertiary/aromatic N) is 1. The van der Waals surface area contributed by atoms with Crippen LogP contribution in [0.1, 0.15) is 34.0 Å². The van der Waals surface area contributed by atoms with Crippen LogP contribution in [0.2, 0.25) is 0 Å². The summed E-state index contributed by atoms with van der Waals surface area (Å²) >= 11 is 0. The van der Waals surface area contributed by atoms with Crippen LogP contribution in [0.5, 0.6) is 5.75 Å². The summed E-state index contributed by atoms with van der Waals surface area (Å²) in [6.07, 6.45) is 2.25. The van der Waals surface area contributed by atoms with E-state index in [1.54, 1.807) is 29.0 Å². The average molecular weight is 421 g/mol. The van der Waals surface area contributed by atoms with Crippen molar-refractivity contribution in [1.82, 2.24) is 4.57 Å². The number of aromatic nitrogens is 1. The van der Waals surface area contributed by atoms with E-state index in [9.17, 15) is 23.8 Å². The van der Waals surface area contributed by atoms with Gasteiger partial charge in [-0.2, -0.15) is 0 Å². The number of aryl methyl sites for hydroxylation is 1. The van der Waals surface area contributed by atoms with Gasteiger partial charge >= 0.3 is 5.97 Å². The van der Waals surface area contributed by atoms with Crippen LogP contribution in [0.4, 0.5) is 8.78 Å². The zero-order chi connectivity index (χ0) is 22.4. The van der Waals surface area contributed by atoms with E-state index in [4.69, 9.17) is 0 Å². The van der Waals surface area contributed by atoms with Gasteiger partial charge in [0.1, 0.15) is 17.4 Å². The van der Waals surface area contributed by atoms with Crippen LogP contribution < -0.4 is 0 Å². The zero-order valence-corrected chi connectivity index (χ0v) is 17.3. The molecule has 4 rings (SSSR count). The first-order chi connectivity index (χ1) is 14.7. The molecule has 0 saturated carbocycles. The predicted molar refractivity (Wildman–Crippen MR) is 116 cm³/mol. The molecule has 1 heterocycles. The molecule has 1 aromatic heterocycles. The number of phenols is 1. The first-order valence-electron chi connectivity index (χ1n) is 9.89. The summed E-state index contributed by atoms with van der Waals surface area (Å²) in [5.74, 6) is -2.42. The van der Waals surface area contributed by atoms with E-state index >= 15 is 0 Å². The highest BCUT2D eigenvalue weighted by molar-refractivity contribution is 6.07. The molecule has 0 saturated heterocycles. The van der Waals surface area contributed by atoms with Gasteiger partial charge in [0.2, 0.25) is 0 Å². The second-order valence-corrected chi connectivity index (χ2v) is 7.59. The molecule has 0 atom stereocenters. The van der Waals surface area contributed by atoms with Crippen molar-refractivity contribution in [1.29, 1.82) is 0 Å². The Kier molecular flexibility index (Phi) is 5.01. The third-order valence-electron chi connectivity index (χ3n) is 5.78. The van der Waals surface area contributed by atoms with Gasteiger partial charge in [0.15, 0.2) is 0 Å². The van der Waals surface area contributed by atoms with Crippen LogP contribution in [0.3, 0.4) is 0 Å². The van der Waals surface area contributed by atoms with Crippen LogP contribution in [-0.2, 0) is 6.42 Å². The molecule has 4 aromatic rings. The number of aromatic hydroxyl groups is 1. The highest BCUT2D eigenvalue weighted by Crippen LogP contribution is 2.42. The molecule has 0 aliphatic carbocycles. The minimum Gasteiger partial charge on any atom is -0.507 e. The maximum Gasteiger partial charge on any atom is 0.336 e. The third-order valence-corrected chi connectivity index (χ3v) is 5.78. The van der Waals surface area contributed by atoms with Gasteiger partial charge in [0.05, 0.1) is 11.1 Å². The van der Waals surface area contributed by atoms with E-state index in [1.165, 1.54) is 18.2 Å². The Labute approximate surface area is 178 Å². The molecule has 2 N–H and O–H groups in total. The number of aromatic carboxylic acids is 1. The predicted octanol–water partition coefficient (Wildman–Crippen LogP) is 6.16. The number of carbonyl (C=O) groups is 1. The van der Waals surface area contributed by atoms with Crippen molar-refractivity contribution in [3.63, 3.8) is 0 Å². The van der Waals surface area contributed by atoms with Gasteiger partial charge in [-0.15, -0.1) is 0 Å². The fraction of sp³-hybridized carbons (Fsp3) is 0.160. The molecule has 0 fully saturated rings. The van der Waals surface area contributed by atoms with Crippen molar-refractivity contribution in [3.8, 4) is 22.6 Å². The van der Waals surface area contributed by atoms with Gasteiger partial charge in [0, 0.05) is 34.5 Å². The Hall–Kier alpha value is -3.67. The second-order valence-electron chi connectivity index (χ2n) is 7.59. The quantitative estimate of drug-likeness (QED) is 0.415. The molecule has 158 valence electrons. The first kappa shape index (κ1) is 20.6. The number of benzene rings is 3. The van der Waals surface area contributed by atoms with E-state index in [2.05, 4.69) is 0 Å². The Bertz CT molecular complexity index is 1340. The van der Waals surface area contributed by atoms with E-state index in [1.807, 2.05) is 20.8 Å². The minimum atomic E-state index is -1.09. The van der Waals surface area contributed by atoms with Crippen molar-refractivity contribution in [2.24, 2.45) is 0 Å². The summed E-state index contributed by atoms with van der Waals surface area (Å²) in [5.41, 5.74) is 4.67. The van der Waals surface area contributed by atoms with E-state index in [0.29, 0.717) is 34.1 Å². The number of carboxylic acids is 1. The lowest BCUT2D eigenvalue weighted by Gasteiger charge is -2.17. The van der Waals surface area contributed by atoms with Crippen LogP contribution in [-0.4, -0.2) is 20.7 Å². The molecule has 6 heteroatoms. The van der Waals surface area contributed by atoms with E-state index in [0.717, 1.165) is 22.8 Å². The van der Waals surface area contributed by atoms with Crippen LogP contribution in [0.15, 0.2) is 48.7 Å². The van der Waals surface area contributed by atoms with Crippen molar-refractivity contribution in [3.05, 3.63) is 82.5 Å². The Balaban J connectivity index is 2.17. The van der Waals surface area contributed by atoms with Gasteiger partial charge in [0.25, 0.3) is 0 Å². The standard InChI is InChI=1S/C25H21F2NO3/c1-4-18-14(3)13(2)9-19(25(30)31)23(18)20-12-28(17-7-5-15(26)6-8-17)21-10-16(27)11-22(29)24(20)21/h5-12,29H,4H2,1-3H3,(H,30,31). The van der Waals surface area contributed by atoms with Crippen LogP contribution in [0, 0.1) is 25.5 Å². The number of phenolic OH excluding ortho intramolecular Hbond substituents is 1. The SMILES string of the molecule is CCc1c(C)c(C)cc(C(=O)O)c1-c1cn(-c2ccc(F)cc2)c2cc(F)cc(O)c12. The van der Waals surface area contributed by atoms with E-state index < -0.39 is 17.6 Å². The van der Waals surface area contributed by atoms with Gasteiger partial charge in [-0.1, -0.05) is 6.92 Å². The molecule has 0 amide bonds. The van der Waals surface area contributed by atoms with Gasteiger partial charge < -0.3 is 14.8 Å². The number of rotatable bonds is 4. The molecular weight excluding hydrogens is 400 g/mol. The Morgan fingerprint density at radius 2 is 1.71 bits per heavy atom. The fourth-order valence-corrected chi connectivity index (χ4v) is 4.22. The molecule has 0 aliphatic heterocycles. The van der Waals surface area contributed by atoms with Crippen LogP contribution in [0.25, 0.3) is 27.7 Å². The highest BCUT2D eigenvalue weighted by Gasteiger charge is 2.24. The molecule has 3 aromatic carbocycles. The number of hydrogen-bond donors (Lipinski definition) is 2. The summed E-state index contributed by atoms with van der Waals surface area (Å²) in [7, 11) is 0. The van der Waals surface area contributed by atoms with Crippen molar-refractivity contribution in [2.45, 2.75) is 27.2 Å². The highest BCUT2D eigenvalue weighted by atomic mass is 19.1. The molecule has 4 nitrogen and oxygen atoms in total. The zero-order valence-electron chi connectivity index (χ0n) is 17.3. The summed E-state index contributed by atoms with van der Waals surface area (Å²) < 4.78 is 29.3. The molecule has 0 spiro atoms. The first-order valence-corrected chi connectivity index (χ1v) is 9.89. The minimum absolute atomic E-state index is 0.113. The summed E-state index contributed by atoms with van der Waals surface area (Å²) in [4.78, 5) is 12.1. The number of hydrogen-bond acceptors (Lipinski definition) is 2. The van der Waals surface area contributed by atoms with Crippen molar-refractivity contribution < 1.29 is 23.8 Å². The largest absolute Gasteiger partial charge is 0.507 e. The van der Waals surface area contributed by atoms with Crippen molar-refractivity contribution >= 4 is 16.9 Å². The number of halogens is 2. The lowest BCUT2D eigenvalue weighted by Crippen LogP contribution is -2.06. The van der Waals surface area contributed by atoms with Crippen LogP contribution >= 0.6 is 0 Å². The van der Waals surface area contributed by atoms with E-state index in [-0.39, 0.29) is 11.3 Å². The maximum absolute atomic E-state index is 14.2. The Morgan fingerprint density at radius 3 is 2.32 bits per heavy atom. The van der Waals surface area contributed by atoms with Gasteiger partial charge in [-0.3, -0.25) is 0 Å². The fourth-order valence-electron chi connectivity index (χ4n) is 4.22. The second kappa shape index (κ2) is 7.54. The Morgan fingerprint density at radius 1 is 1.03 bits per heavy atom. The summed E-state index contributed by atoms with van der Waals surface area (Å²) in [5, 5.41) is 20.9.